The zero-order valence-corrected chi connectivity index (χ0v) is 11.8. The average molecular weight is 278 g/mol. The van der Waals surface area contributed by atoms with Gasteiger partial charge >= 0.3 is 0 Å². The number of aromatic nitrogens is 1. The second-order valence-electron chi connectivity index (χ2n) is 5.21. The molecule has 1 amide bonds. The maximum absolute atomic E-state index is 11.8. The number of carbonyl (C=O) groups is 1. The van der Waals surface area contributed by atoms with Crippen LogP contribution in [0.15, 0.2) is 18.3 Å². The Kier molecular flexibility index (Phi) is 5.35. The lowest BCUT2D eigenvalue weighted by Crippen LogP contribution is -2.40. The molecule has 0 bridgehead atoms. The fraction of sp³-hybridized carbons (Fsp3) is 0.600. The van der Waals surface area contributed by atoms with E-state index in [1.807, 2.05) is 12.1 Å². The van der Waals surface area contributed by atoms with Crippen molar-refractivity contribution in [3.63, 3.8) is 0 Å². The van der Waals surface area contributed by atoms with Gasteiger partial charge in [-0.1, -0.05) is 19.4 Å². The van der Waals surface area contributed by atoms with Crippen molar-refractivity contribution >= 4 is 5.91 Å². The van der Waals surface area contributed by atoms with Crippen molar-refractivity contribution in [3.8, 4) is 5.88 Å². The van der Waals surface area contributed by atoms with Gasteiger partial charge in [-0.25, -0.2) is 4.98 Å². The van der Waals surface area contributed by atoms with E-state index < -0.39 is 0 Å². The normalized spacial score (nSPS) is 21.1. The minimum atomic E-state index is -0.308. The van der Waals surface area contributed by atoms with Gasteiger partial charge in [0.05, 0.1) is 12.7 Å². The van der Waals surface area contributed by atoms with Crippen LogP contribution in [-0.4, -0.2) is 28.7 Å². The van der Waals surface area contributed by atoms with Gasteiger partial charge < -0.3 is 15.2 Å². The van der Waals surface area contributed by atoms with E-state index in [0.29, 0.717) is 31.9 Å². The Balaban J connectivity index is 1.83. The highest BCUT2D eigenvalue weighted by molar-refractivity contribution is 5.79. The molecule has 0 atom stereocenters. The fourth-order valence-electron chi connectivity index (χ4n) is 2.13. The summed E-state index contributed by atoms with van der Waals surface area (Å²) in [6, 6.07) is 3.74. The van der Waals surface area contributed by atoms with Gasteiger partial charge in [0.1, 0.15) is 0 Å². The quantitative estimate of drug-likeness (QED) is 0.744. The zero-order chi connectivity index (χ0) is 14.4. The van der Waals surface area contributed by atoms with Crippen LogP contribution in [0.1, 0.15) is 38.2 Å². The second-order valence-corrected chi connectivity index (χ2v) is 5.21. The van der Waals surface area contributed by atoms with Gasteiger partial charge in [-0.2, -0.15) is 0 Å². The SMILES string of the molecule is CCCCOc1ncccc1CNC(=O)C1CC(O)C1. The molecule has 1 aliphatic carbocycles. The number of amides is 1. The number of nitrogens with one attached hydrogen (secondary N) is 1. The van der Waals surface area contributed by atoms with Gasteiger partial charge in [0.25, 0.3) is 0 Å². The molecule has 1 heterocycles. The van der Waals surface area contributed by atoms with E-state index in [0.717, 1.165) is 18.4 Å². The summed E-state index contributed by atoms with van der Waals surface area (Å²) in [5.41, 5.74) is 0.886. The van der Waals surface area contributed by atoms with E-state index in [9.17, 15) is 9.90 Å². The molecule has 2 N–H and O–H groups in total. The fourth-order valence-corrected chi connectivity index (χ4v) is 2.13. The summed E-state index contributed by atoms with van der Waals surface area (Å²) in [5, 5.41) is 12.1. The van der Waals surface area contributed by atoms with Crippen LogP contribution < -0.4 is 10.1 Å². The predicted octanol–water partition coefficient (Wildman–Crippen LogP) is 1.65. The highest BCUT2D eigenvalue weighted by Gasteiger charge is 2.32. The van der Waals surface area contributed by atoms with Crippen LogP contribution in [0, 0.1) is 5.92 Å². The van der Waals surface area contributed by atoms with Crippen LogP contribution in [0.4, 0.5) is 0 Å². The molecule has 110 valence electrons. The van der Waals surface area contributed by atoms with Crippen molar-refractivity contribution in [2.45, 2.75) is 45.3 Å². The zero-order valence-electron chi connectivity index (χ0n) is 11.8. The van der Waals surface area contributed by atoms with Gasteiger partial charge in [0, 0.05) is 24.2 Å². The van der Waals surface area contributed by atoms with Gasteiger partial charge in [-0.15, -0.1) is 0 Å². The van der Waals surface area contributed by atoms with Crippen molar-refractivity contribution in [1.82, 2.24) is 10.3 Å². The number of pyridine rings is 1. The highest BCUT2D eigenvalue weighted by Crippen LogP contribution is 2.27. The second kappa shape index (κ2) is 7.24. The van der Waals surface area contributed by atoms with Crippen LogP contribution in [0.3, 0.4) is 0 Å². The summed E-state index contributed by atoms with van der Waals surface area (Å²) in [6.45, 7) is 3.17. The molecule has 0 radical (unpaired) electrons. The minimum absolute atomic E-state index is 0.00124. The number of aliphatic hydroxyl groups is 1. The number of rotatable bonds is 7. The molecular weight excluding hydrogens is 256 g/mol. The molecule has 1 aromatic heterocycles. The molecule has 1 aromatic rings. The average Bonchev–Trinajstić information content (AvgIpc) is 2.43. The third kappa shape index (κ3) is 3.93. The van der Waals surface area contributed by atoms with Gasteiger partial charge in [-0.05, 0) is 25.3 Å². The molecule has 2 rings (SSSR count). The number of unbranched alkanes of at least 4 members (excludes halogenated alkanes) is 1. The van der Waals surface area contributed by atoms with E-state index in [2.05, 4.69) is 17.2 Å². The van der Waals surface area contributed by atoms with E-state index in [-0.39, 0.29) is 17.9 Å². The molecule has 0 spiro atoms. The van der Waals surface area contributed by atoms with E-state index in [1.54, 1.807) is 6.20 Å². The van der Waals surface area contributed by atoms with Crippen molar-refractivity contribution in [2.24, 2.45) is 5.92 Å². The van der Waals surface area contributed by atoms with Crippen LogP contribution in [0.2, 0.25) is 0 Å². The highest BCUT2D eigenvalue weighted by atomic mass is 16.5. The molecule has 0 aromatic carbocycles. The number of hydrogen-bond acceptors (Lipinski definition) is 4. The maximum atomic E-state index is 11.8. The van der Waals surface area contributed by atoms with Crippen molar-refractivity contribution in [2.75, 3.05) is 6.61 Å². The van der Waals surface area contributed by atoms with Gasteiger partial charge in [-0.3, -0.25) is 4.79 Å². The summed E-state index contributed by atoms with van der Waals surface area (Å²) in [6.07, 6.45) is 4.58. The Morgan fingerprint density at radius 3 is 3.05 bits per heavy atom. The summed E-state index contributed by atoms with van der Waals surface area (Å²) < 4.78 is 5.63. The molecule has 0 saturated heterocycles. The summed E-state index contributed by atoms with van der Waals surface area (Å²) in [5.74, 6) is 0.541. The standard InChI is InChI=1S/C15H22N2O3/c1-2-3-7-20-15-11(5-4-6-16-15)10-17-14(19)12-8-13(18)9-12/h4-6,12-13,18H,2-3,7-10H2,1H3,(H,17,19). The van der Waals surface area contributed by atoms with Gasteiger partial charge in [0.15, 0.2) is 0 Å². The Labute approximate surface area is 119 Å². The maximum Gasteiger partial charge on any atom is 0.223 e. The van der Waals surface area contributed by atoms with E-state index in [1.165, 1.54) is 0 Å². The Bertz CT molecular complexity index is 444. The summed E-state index contributed by atoms with van der Waals surface area (Å²) in [4.78, 5) is 16.0. The Morgan fingerprint density at radius 1 is 1.55 bits per heavy atom. The lowest BCUT2D eigenvalue weighted by atomic mass is 9.82. The van der Waals surface area contributed by atoms with E-state index >= 15 is 0 Å². The van der Waals surface area contributed by atoms with Crippen molar-refractivity contribution < 1.29 is 14.6 Å². The van der Waals surface area contributed by atoms with Crippen molar-refractivity contribution in [3.05, 3.63) is 23.9 Å². The number of carbonyl (C=O) groups excluding carboxylic acids is 1. The molecule has 0 unspecified atom stereocenters. The number of hydrogen-bond donors (Lipinski definition) is 2. The summed E-state index contributed by atoms with van der Waals surface area (Å²) >= 11 is 0. The van der Waals surface area contributed by atoms with Crippen LogP contribution in [0.5, 0.6) is 5.88 Å². The summed E-state index contributed by atoms with van der Waals surface area (Å²) in [7, 11) is 0. The predicted molar refractivity (Wildman–Crippen MR) is 75.2 cm³/mol. The van der Waals surface area contributed by atoms with Crippen LogP contribution in [0.25, 0.3) is 0 Å². The number of aliphatic hydroxyl groups excluding tert-OH is 1. The lowest BCUT2D eigenvalue weighted by Gasteiger charge is -2.30. The Morgan fingerprint density at radius 2 is 2.35 bits per heavy atom. The largest absolute Gasteiger partial charge is 0.477 e. The molecule has 1 saturated carbocycles. The third-order valence-electron chi connectivity index (χ3n) is 3.52. The molecule has 1 fully saturated rings. The molecule has 20 heavy (non-hydrogen) atoms. The first-order valence-corrected chi connectivity index (χ1v) is 7.23. The van der Waals surface area contributed by atoms with Crippen LogP contribution >= 0.6 is 0 Å². The topological polar surface area (TPSA) is 71.5 Å². The van der Waals surface area contributed by atoms with Crippen LogP contribution in [-0.2, 0) is 11.3 Å². The molecule has 5 heteroatoms. The minimum Gasteiger partial charge on any atom is -0.477 e. The Hall–Kier alpha value is -1.62. The first-order valence-electron chi connectivity index (χ1n) is 7.23. The lowest BCUT2D eigenvalue weighted by molar-refractivity contribution is -0.131. The third-order valence-corrected chi connectivity index (χ3v) is 3.52. The molecule has 0 aliphatic heterocycles. The van der Waals surface area contributed by atoms with Gasteiger partial charge in [0.2, 0.25) is 11.8 Å². The molecule has 1 aliphatic rings. The number of nitrogens with zero attached hydrogens (tertiary/aromatic N) is 1. The molecule has 5 nitrogen and oxygen atoms in total. The van der Waals surface area contributed by atoms with E-state index in [4.69, 9.17) is 4.74 Å². The smallest absolute Gasteiger partial charge is 0.223 e. The molecular formula is C15H22N2O3. The number of ether oxygens (including phenoxy) is 1. The first-order chi connectivity index (χ1) is 9.70. The monoisotopic (exact) mass is 278 g/mol. The van der Waals surface area contributed by atoms with Crippen molar-refractivity contribution in [1.29, 1.82) is 0 Å². The first kappa shape index (κ1) is 14.8.